The maximum absolute atomic E-state index is 12.9. The maximum atomic E-state index is 12.9. The average molecular weight is 386 g/mol. The lowest BCUT2D eigenvalue weighted by Crippen LogP contribution is -2.70. The largest absolute Gasteiger partial charge is 0.477 e. The van der Waals surface area contributed by atoms with Gasteiger partial charge in [-0.3, -0.25) is 14.5 Å². The fraction of sp³-hybridized carbons (Fsp3) is 0.267. The molecule has 0 spiro atoms. The molecule has 10 heteroatoms. The number of nitrogens with zero attached hydrogens (tertiary/aromatic N) is 1. The number of thioether (sulfide) groups is 1. The number of rotatable bonds is 4. The van der Waals surface area contributed by atoms with Gasteiger partial charge >= 0.3 is 5.97 Å². The number of β-lactam (4-membered cyclic amide) rings is 1. The molecule has 1 aromatic rings. The summed E-state index contributed by atoms with van der Waals surface area (Å²) in [7, 11) is 0. The van der Waals surface area contributed by atoms with Crippen LogP contribution in [0.2, 0.25) is 0 Å². The Kier molecular flexibility index (Phi) is 4.72. The highest BCUT2D eigenvalue weighted by Gasteiger charge is 2.54. The number of carbonyl (C=O) groups excluding carboxylic acids is 2. The third-order valence-electron chi connectivity index (χ3n) is 3.93. The summed E-state index contributed by atoms with van der Waals surface area (Å²) < 4.78 is 12.9. The standard InChI is InChI=1S/C15H13ClFN3O4S/c16-8-5-25-14-10(13(22)20(14)11(8)15(23)24)19-12(21)9(18)6-1-3-7(17)4-2-6/h1-4,9-10,14H,5,18H2,(H,19,21)(H,23,24). The summed E-state index contributed by atoms with van der Waals surface area (Å²) in [6, 6.07) is 3.17. The van der Waals surface area contributed by atoms with E-state index in [-0.39, 0.29) is 16.5 Å². The predicted octanol–water partition coefficient (Wildman–Crippen LogP) is 0.760. The number of carboxylic acid groups (broad SMARTS) is 1. The highest BCUT2D eigenvalue weighted by atomic mass is 35.5. The van der Waals surface area contributed by atoms with Crippen molar-refractivity contribution in [3.05, 3.63) is 46.4 Å². The lowest BCUT2D eigenvalue weighted by molar-refractivity contribution is -0.150. The number of carbonyl (C=O) groups is 3. The topological polar surface area (TPSA) is 113 Å². The van der Waals surface area contributed by atoms with E-state index in [2.05, 4.69) is 5.32 Å². The van der Waals surface area contributed by atoms with Gasteiger partial charge in [0.2, 0.25) is 5.91 Å². The van der Waals surface area contributed by atoms with E-state index in [0.29, 0.717) is 5.56 Å². The lowest BCUT2D eigenvalue weighted by Gasteiger charge is -2.48. The molecule has 2 aliphatic rings. The molecule has 3 rings (SSSR count). The summed E-state index contributed by atoms with van der Waals surface area (Å²) in [5.41, 5.74) is 5.97. The Balaban J connectivity index is 1.71. The van der Waals surface area contributed by atoms with Gasteiger partial charge in [-0.1, -0.05) is 23.7 Å². The monoisotopic (exact) mass is 385 g/mol. The second kappa shape index (κ2) is 6.66. The van der Waals surface area contributed by atoms with E-state index < -0.39 is 41.1 Å². The van der Waals surface area contributed by atoms with Crippen LogP contribution in [0.3, 0.4) is 0 Å². The summed E-state index contributed by atoms with van der Waals surface area (Å²) in [6.45, 7) is 0. The lowest BCUT2D eigenvalue weighted by atomic mass is 10.0. The molecule has 0 aliphatic carbocycles. The zero-order chi connectivity index (χ0) is 18.3. The molecule has 1 aromatic carbocycles. The van der Waals surface area contributed by atoms with Crippen molar-refractivity contribution >= 4 is 41.1 Å². The van der Waals surface area contributed by atoms with Gasteiger partial charge in [0.1, 0.15) is 29.0 Å². The van der Waals surface area contributed by atoms with Gasteiger partial charge in [-0.15, -0.1) is 11.8 Å². The molecular formula is C15H13ClFN3O4S. The first-order valence-electron chi connectivity index (χ1n) is 7.19. The second-order valence-electron chi connectivity index (χ2n) is 5.48. The van der Waals surface area contributed by atoms with Crippen LogP contribution in [0, 0.1) is 5.82 Å². The van der Waals surface area contributed by atoms with Crippen LogP contribution in [0.1, 0.15) is 11.6 Å². The molecule has 3 unspecified atom stereocenters. The van der Waals surface area contributed by atoms with Gasteiger partial charge in [0, 0.05) is 5.75 Å². The van der Waals surface area contributed by atoms with Gasteiger partial charge in [-0.25, -0.2) is 9.18 Å². The Labute approximate surface area is 151 Å². The molecule has 2 amide bonds. The highest BCUT2D eigenvalue weighted by molar-refractivity contribution is 8.00. The smallest absolute Gasteiger partial charge is 0.353 e. The molecule has 3 atom stereocenters. The number of benzene rings is 1. The van der Waals surface area contributed by atoms with Crippen molar-refractivity contribution in [2.45, 2.75) is 17.5 Å². The van der Waals surface area contributed by atoms with Crippen molar-refractivity contribution in [2.75, 3.05) is 5.75 Å². The number of amides is 2. The number of nitrogens with two attached hydrogens (primary N) is 1. The number of carboxylic acids is 1. The minimum atomic E-state index is -1.29. The normalized spacial score (nSPS) is 23.6. The number of fused-ring (bicyclic) bond motifs is 1. The SMILES string of the molecule is NC(C(=O)NC1C(=O)N2C(C(=O)O)=C(Cl)CSC12)c1ccc(F)cc1. The summed E-state index contributed by atoms with van der Waals surface area (Å²) in [6.07, 6.45) is 0. The molecule has 25 heavy (non-hydrogen) atoms. The molecule has 0 aromatic heterocycles. The van der Waals surface area contributed by atoms with Crippen LogP contribution in [0.5, 0.6) is 0 Å². The maximum Gasteiger partial charge on any atom is 0.353 e. The molecular weight excluding hydrogens is 373 g/mol. The second-order valence-corrected chi connectivity index (χ2v) is 7.05. The zero-order valence-electron chi connectivity index (χ0n) is 12.6. The molecule has 0 saturated carbocycles. The van der Waals surface area contributed by atoms with Crippen LogP contribution in [-0.2, 0) is 14.4 Å². The number of hydrogen-bond donors (Lipinski definition) is 3. The molecule has 1 saturated heterocycles. The molecule has 4 N–H and O–H groups in total. The molecule has 2 heterocycles. The van der Waals surface area contributed by atoms with Gasteiger partial charge in [0.05, 0.1) is 5.03 Å². The van der Waals surface area contributed by atoms with Crippen LogP contribution in [-0.4, -0.2) is 45.0 Å². The summed E-state index contributed by atoms with van der Waals surface area (Å²) >= 11 is 7.13. The Bertz CT molecular complexity index is 785. The summed E-state index contributed by atoms with van der Waals surface area (Å²) in [4.78, 5) is 36.8. The van der Waals surface area contributed by atoms with Gasteiger partial charge < -0.3 is 16.2 Å². The quantitative estimate of drug-likeness (QED) is 0.659. The first-order chi connectivity index (χ1) is 11.8. The number of halogens is 2. The molecule has 0 radical (unpaired) electrons. The van der Waals surface area contributed by atoms with E-state index in [0.717, 1.165) is 4.90 Å². The molecule has 132 valence electrons. The summed E-state index contributed by atoms with van der Waals surface area (Å²) in [5.74, 6) is -2.69. The van der Waals surface area contributed by atoms with E-state index in [1.165, 1.54) is 36.0 Å². The van der Waals surface area contributed by atoms with Crippen molar-refractivity contribution in [1.82, 2.24) is 10.2 Å². The van der Waals surface area contributed by atoms with Crippen molar-refractivity contribution in [1.29, 1.82) is 0 Å². The fourth-order valence-corrected chi connectivity index (χ4v) is 4.20. The highest BCUT2D eigenvalue weighted by Crippen LogP contribution is 2.41. The fourth-order valence-electron chi connectivity index (χ4n) is 2.65. The third-order valence-corrected chi connectivity index (χ3v) is 5.68. The van der Waals surface area contributed by atoms with Crippen molar-refractivity contribution < 1.29 is 23.9 Å². The van der Waals surface area contributed by atoms with Gasteiger partial charge in [-0.05, 0) is 17.7 Å². The van der Waals surface area contributed by atoms with Gasteiger partial charge in [0.15, 0.2) is 0 Å². The van der Waals surface area contributed by atoms with Crippen LogP contribution < -0.4 is 11.1 Å². The predicted molar refractivity (Wildman–Crippen MR) is 88.9 cm³/mol. The summed E-state index contributed by atoms with van der Waals surface area (Å²) in [5, 5.41) is 11.2. The Morgan fingerprint density at radius 3 is 2.64 bits per heavy atom. The number of aliphatic carboxylic acids is 1. The van der Waals surface area contributed by atoms with Crippen molar-refractivity contribution in [2.24, 2.45) is 5.73 Å². The van der Waals surface area contributed by atoms with E-state index in [1.54, 1.807) is 0 Å². The molecule has 2 aliphatic heterocycles. The van der Waals surface area contributed by atoms with Crippen molar-refractivity contribution in [3.63, 3.8) is 0 Å². The molecule has 0 bridgehead atoms. The molecule has 7 nitrogen and oxygen atoms in total. The van der Waals surface area contributed by atoms with Gasteiger partial charge in [-0.2, -0.15) is 0 Å². The average Bonchev–Trinajstić information content (AvgIpc) is 2.58. The van der Waals surface area contributed by atoms with Crippen LogP contribution in [0.25, 0.3) is 0 Å². The van der Waals surface area contributed by atoms with E-state index in [4.69, 9.17) is 17.3 Å². The van der Waals surface area contributed by atoms with Crippen molar-refractivity contribution in [3.8, 4) is 0 Å². The Morgan fingerprint density at radius 1 is 1.40 bits per heavy atom. The van der Waals surface area contributed by atoms with E-state index >= 15 is 0 Å². The Hall–Kier alpha value is -2.10. The van der Waals surface area contributed by atoms with E-state index in [9.17, 15) is 23.9 Å². The van der Waals surface area contributed by atoms with E-state index in [1.807, 2.05) is 0 Å². The van der Waals surface area contributed by atoms with Crippen LogP contribution in [0.4, 0.5) is 4.39 Å². The number of nitrogens with one attached hydrogen (secondary N) is 1. The van der Waals surface area contributed by atoms with Crippen LogP contribution in [0.15, 0.2) is 35.0 Å². The minimum Gasteiger partial charge on any atom is -0.477 e. The third kappa shape index (κ3) is 3.10. The first-order valence-corrected chi connectivity index (χ1v) is 8.62. The first kappa shape index (κ1) is 17.7. The van der Waals surface area contributed by atoms with Gasteiger partial charge in [0.25, 0.3) is 5.91 Å². The minimum absolute atomic E-state index is 0.0786. The zero-order valence-corrected chi connectivity index (χ0v) is 14.2. The molecule has 1 fully saturated rings. The van der Waals surface area contributed by atoms with Crippen LogP contribution >= 0.6 is 23.4 Å². The Morgan fingerprint density at radius 2 is 2.04 bits per heavy atom. The number of hydrogen-bond acceptors (Lipinski definition) is 5.